The minimum absolute atomic E-state index is 0.236. The van der Waals surface area contributed by atoms with Gasteiger partial charge in [-0.25, -0.2) is 4.79 Å². The number of hydroxylamine groups is 2. The van der Waals surface area contributed by atoms with Crippen LogP contribution in [0.5, 0.6) is 0 Å². The zero-order valence-corrected chi connectivity index (χ0v) is 12.5. The van der Waals surface area contributed by atoms with Crippen molar-refractivity contribution in [2.45, 2.75) is 0 Å². The highest BCUT2D eigenvalue weighted by atomic mass is 32.1. The van der Waals surface area contributed by atoms with Crippen molar-refractivity contribution >= 4 is 39.2 Å². The minimum Gasteiger partial charge on any atom is -0.324 e. The molecular weight excluding hydrogens is 314 g/mol. The van der Waals surface area contributed by atoms with E-state index in [0.717, 1.165) is 10.1 Å². The van der Waals surface area contributed by atoms with Gasteiger partial charge >= 0.3 is 5.97 Å². The number of carbonyl (C=O) groups is 3. The molecule has 0 fully saturated rings. The van der Waals surface area contributed by atoms with Crippen LogP contribution in [0.1, 0.15) is 31.1 Å². The van der Waals surface area contributed by atoms with Gasteiger partial charge in [0.2, 0.25) is 0 Å². The molecule has 1 aliphatic heterocycles. The molecule has 6 heteroatoms. The molecule has 4 rings (SSSR count). The lowest BCUT2D eigenvalue weighted by Crippen LogP contribution is -2.32. The average molecular weight is 323 g/mol. The molecular formula is C17H9NO4S. The van der Waals surface area contributed by atoms with E-state index in [-0.39, 0.29) is 11.1 Å². The maximum Gasteiger partial charge on any atom is 0.365 e. The van der Waals surface area contributed by atoms with Crippen molar-refractivity contribution in [3.05, 3.63) is 70.6 Å². The fourth-order valence-electron chi connectivity index (χ4n) is 2.54. The normalized spacial score (nSPS) is 13.5. The summed E-state index contributed by atoms with van der Waals surface area (Å²) in [5.41, 5.74) is 0.799. The minimum atomic E-state index is -0.729. The van der Waals surface area contributed by atoms with Gasteiger partial charge in [-0.2, -0.15) is 0 Å². The molecule has 0 saturated carbocycles. The first-order valence-electron chi connectivity index (χ1n) is 6.83. The Balaban J connectivity index is 1.67. The zero-order chi connectivity index (χ0) is 16.0. The Kier molecular flexibility index (Phi) is 2.99. The maximum absolute atomic E-state index is 12.4. The van der Waals surface area contributed by atoms with E-state index < -0.39 is 17.8 Å². The molecule has 0 N–H and O–H groups in total. The summed E-state index contributed by atoms with van der Waals surface area (Å²) in [6.45, 7) is 0. The number of rotatable bonds is 2. The van der Waals surface area contributed by atoms with Crippen LogP contribution in [0.3, 0.4) is 0 Å². The molecule has 1 aliphatic rings. The third-order valence-corrected chi connectivity index (χ3v) is 4.59. The summed E-state index contributed by atoms with van der Waals surface area (Å²) in [5, 5.41) is 3.30. The molecule has 0 aliphatic carbocycles. The standard InChI is InChI=1S/C17H9NO4S/c19-15-11-5-1-2-6-12(11)16(20)18(15)22-17(21)13-7-3-4-10-8-9-23-14(10)13/h1-9H. The Morgan fingerprint density at radius 1 is 0.913 bits per heavy atom. The molecule has 0 spiro atoms. The number of thiophene rings is 1. The topological polar surface area (TPSA) is 63.7 Å². The fraction of sp³-hybridized carbons (Fsp3) is 0. The van der Waals surface area contributed by atoms with Gasteiger partial charge in [0.1, 0.15) is 0 Å². The number of nitrogens with zero attached hydrogens (tertiary/aromatic N) is 1. The smallest absolute Gasteiger partial charge is 0.324 e. The number of hydrogen-bond donors (Lipinski definition) is 0. The molecule has 0 saturated heterocycles. The summed E-state index contributed by atoms with van der Waals surface area (Å²) in [5.74, 6) is -1.98. The predicted octanol–water partition coefficient (Wildman–Crippen LogP) is 3.27. The Hall–Kier alpha value is -2.99. The molecule has 3 aromatic rings. The monoisotopic (exact) mass is 323 g/mol. The Morgan fingerprint density at radius 3 is 2.30 bits per heavy atom. The second-order valence-electron chi connectivity index (χ2n) is 4.97. The van der Waals surface area contributed by atoms with Crippen LogP contribution in [0, 0.1) is 0 Å². The van der Waals surface area contributed by atoms with Gasteiger partial charge in [0.05, 0.1) is 16.7 Å². The van der Waals surface area contributed by atoms with E-state index in [1.54, 1.807) is 24.3 Å². The summed E-state index contributed by atoms with van der Waals surface area (Å²) >= 11 is 1.40. The first-order valence-corrected chi connectivity index (χ1v) is 7.71. The molecule has 0 radical (unpaired) electrons. The molecule has 2 aromatic carbocycles. The van der Waals surface area contributed by atoms with E-state index in [4.69, 9.17) is 4.84 Å². The van der Waals surface area contributed by atoms with Crippen LogP contribution >= 0.6 is 11.3 Å². The zero-order valence-electron chi connectivity index (χ0n) is 11.7. The van der Waals surface area contributed by atoms with Crippen molar-refractivity contribution in [3.8, 4) is 0 Å². The molecule has 1 aromatic heterocycles. The Labute approximate surface area is 134 Å². The van der Waals surface area contributed by atoms with Gasteiger partial charge < -0.3 is 4.84 Å². The predicted molar refractivity (Wildman–Crippen MR) is 84.2 cm³/mol. The number of hydrogen-bond acceptors (Lipinski definition) is 5. The number of benzene rings is 2. The van der Waals surface area contributed by atoms with E-state index >= 15 is 0 Å². The molecule has 2 heterocycles. The van der Waals surface area contributed by atoms with Crippen molar-refractivity contribution in [1.82, 2.24) is 5.06 Å². The molecule has 0 atom stereocenters. The van der Waals surface area contributed by atoms with Gasteiger partial charge in [-0.1, -0.05) is 29.3 Å². The van der Waals surface area contributed by atoms with E-state index in [0.29, 0.717) is 10.6 Å². The van der Waals surface area contributed by atoms with Gasteiger partial charge in [0.25, 0.3) is 11.8 Å². The lowest BCUT2D eigenvalue weighted by atomic mass is 10.1. The quantitative estimate of drug-likeness (QED) is 0.679. The molecule has 0 unspecified atom stereocenters. The molecule has 112 valence electrons. The summed E-state index contributed by atoms with van der Waals surface area (Å²) in [6, 6.07) is 13.5. The number of carbonyl (C=O) groups excluding carboxylic acids is 3. The van der Waals surface area contributed by atoms with Crippen LogP contribution in [0.4, 0.5) is 0 Å². The largest absolute Gasteiger partial charge is 0.365 e. The summed E-state index contributed by atoms with van der Waals surface area (Å²) < 4.78 is 0.758. The van der Waals surface area contributed by atoms with E-state index in [1.165, 1.54) is 23.5 Å². The van der Waals surface area contributed by atoms with Crippen LogP contribution in [0.2, 0.25) is 0 Å². The lowest BCUT2D eigenvalue weighted by molar-refractivity contribution is -0.0583. The fourth-order valence-corrected chi connectivity index (χ4v) is 3.44. The van der Waals surface area contributed by atoms with Crippen LogP contribution in [-0.4, -0.2) is 22.8 Å². The van der Waals surface area contributed by atoms with E-state index in [1.807, 2.05) is 17.5 Å². The SMILES string of the molecule is O=C(ON1C(=O)c2ccccc2C1=O)c1cccc2ccsc12. The van der Waals surface area contributed by atoms with Crippen LogP contribution in [0.25, 0.3) is 10.1 Å². The van der Waals surface area contributed by atoms with Gasteiger partial charge in [-0.15, -0.1) is 11.3 Å². The number of imide groups is 1. The van der Waals surface area contributed by atoms with Crippen LogP contribution in [0.15, 0.2) is 53.9 Å². The number of fused-ring (bicyclic) bond motifs is 2. The number of amides is 2. The summed E-state index contributed by atoms with van der Waals surface area (Å²) in [4.78, 5) is 41.9. The highest BCUT2D eigenvalue weighted by Gasteiger charge is 2.38. The van der Waals surface area contributed by atoms with Gasteiger partial charge in [-0.05, 0) is 35.0 Å². The Morgan fingerprint density at radius 2 is 1.61 bits per heavy atom. The van der Waals surface area contributed by atoms with Crippen LogP contribution < -0.4 is 0 Å². The van der Waals surface area contributed by atoms with Gasteiger partial charge in [0, 0.05) is 4.70 Å². The molecule has 2 amide bonds. The van der Waals surface area contributed by atoms with Crippen molar-refractivity contribution in [2.24, 2.45) is 0 Å². The van der Waals surface area contributed by atoms with Crippen molar-refractivity contribution in [2.75, 3.05) is 0 Å². The summed E-state index contributed by atoms with van der Waals surface area (Å²) in [6.07, 6.45) is 0. The second-order valence-corrected chi connectivity index (χ2v) is 5.89. The first-order chi connectivity index (χ1) is 11.2. The van der Waals surface area contributed by atoms with Crippen molar-refractivity contribution < 1.29 is 19.2 Å². The van der Waals surface area contributed by atoms with Crippen molar-refractivity contribution in [1.29, 1.82) is 0 Å². The van der Waals surface area contributed by atoms with Gasteiger partial charge in [0.15, 0.2) is 0 Å². The van der Waals surface area contributed by atoms with E-state index in [2.05, 4.69) is 0 Å². The van der Waals surface area contributed by atoms with Crippen LogP contribution in [-0.2, 0) is 4.84 Å². The lowest BCUT2D eigenvalue weighted by Gasteiger charge is -2.12. The highest BCUT2D eigenvalue weighted by Crippen LogP contribution is 2.27. The molecule has 23 heavy (non-hydrogen) atoms. The summed E-state index contributed by atoms with van der Waals surface area (Å²) in [7, 11) is 0. The molecule has 5 nitrogen and oxygen atoms in total. The second kappa shape index (κ2) is 5.03. The van der Waals surface area contributed by atoms with Crippen molar-refractivity contribution in [3.63, 3.8) is 0 Å². The van der Waals surface area contributed by atoms with Gasteiger partial charge in [-0.3, -0.25) is 9.59 Å². The Bertz CT molecular complexity index is 940. The average Bonchev–Trinajstić information content (AvgIpc) is 3.14. The molecule has 0 bridgehead atoms. The van der Waals surface area contributed by atoms with E-state index in [9.17, 15) is 14.4 Å². The maximum atomic E-state index is 12.4. The highest BCUT2D eigenvalue weighted by molar-refractivity contribution is 7.17. The third-order valence-electron chi connectivity index (χ3n) is 3.63. The third kappa shape index (κ3) is 2.03. The first kappa shape index (κ1) is 13.7.